The molecule has 1 aliphatic heterocycles. The van der Waals surface area contributed by atoms with Gasteiger partial charge >= 0.3 is 0 Å². The van der Waals surface area contributed by atoms with Crippen molar-refractivity contribution in [1.82, 2.24) is 19.8 Å². The maximum absolute atomic E-state index is 13.9. The quantitative estimate of drug-likeness (QED) is 0.542. The van der Waals surface area contributed by atoms with Crippen molar-refractivity contribution in [2.45, 2.75) is 58.2 Å². The van der Waals surface area contributed by atoms with Gasteiger partial charge in [0, 0.05) is 13.0 Å². The molecule has 4 unspecified atom stereocenters. The molecule has 2 bridgehead atoms. The number of likely N-dealkylation sites (tertiary alicyclic amines) is 1. The predicted molar refractivity (Wildman–Crippen MR) is 139 cm³/mol. The van der Waals surface area contributed by atoms with Crippen LogP contribution in [0.25, 0.3) is 11.0 Å². The van der Waals surface area contributed by atoms with Crippen LogP contribution in [0.1, 0.15) is 62.3 Å². The third kappa shape index (κ3) is 4.11. The number of carbonyl (C=O) groups is 3. The Morgan fingerprint density at radius 2 is 1.89 bits per heavy atom. The van der Waals surface area contributed by atoms with Crippen molar-refractivity contribution in [3.05, 3.63) is 58.9 Å². The zero-order valence-electron chi connectivity index (χ0n) is 20.6. The van der Waals surface area contributed by atoms with Crippen LogP contribution in [0.2, 0.25) is 5.02 Å². The minimum absolute atomic E-state index is 0.0382. The van der Waals surface area contributed by atoms with Gasteiger partial charge in [-0.15, -0.1) is 0 Å². The number of fused-ring (bicyclic) bond motifs is 3. The first-order valence-corrected chi connectivity index (χ1v) is 12.7. The van der Waals surface area contributed by atoms with E-state index in [-0.39, 0.29) is 35.6 Å². The van der Waals surface area contributed by atoms with Gasteiger partial charge in [0.2, 0.25) is 11.8 Å². The number of halogens is 1. The molecule has 5 rings (SSSR count). The fourth-order valence-electron chi connectivity index (χ4n) is 5.81. The number of rotatable bonds is 5. The predicted octanol–water partition coefficient (Wildman–Crippen LogP) is 3.38. The Kier molecular flexibility index (Phi) is 6.41. The van der Waals surface area contributed by atoms with E-state index in [0.717, 1.165) is 19.3 Å². The number of hydrogen-bond acceptors (Lipinski definition) is 4. The first-order chi connectivity index (χ1) is 17.2. The Morgan fingerprint density at radius 3 is 2.58 bits per heavy atom. The van der Waals surface area contributed by atoms with Gasteiger partial charge < -0.3 is 10.2 Å². The molecule has 0 spiro atoms. The average Bonchev–Trinajstić information content (AvgIpc) is 3.54. The summed E-state index contributed by atoms with van der Waals surface area (Å²) in [6.45, 7) is 5.25. The molecule has 7 nitrogen and oxygen atoms in total. The molecule has 2 fully saturated rings. The summed E-state index contributed by atoms with van der Waals surface area (Å²) in [5, 5.41) is 3.17. The van der Waals surface area contributed by atoms with Crippen LogP contribution < -0.4 is 10.8 Å². The van der Waals surface area contributed by atoms with Crippen LogP contribution in [0.15, 0.2) is 42.5 Å². The van der Waals surface area contributed by atoms with Crippen molar-refractivity contribution in [2.75, 3.05) is 0 Å². The highest BCUT2D eigenvalue weighted by molar-refractivity contribution is 6.34. The van der Waals surface area contributed by atoms with Gasteiger partial charge in [0.1, 0.15) is 19.7 Å². The van der Waals surface area contributed by atoms with Crippen LogP contribution in [-0.4, -0.2) is 52.1 Å². The largest absolute Gasteiger partial charge is 0.344 e. The van der Waals surface area contributed by atoms with E-state index in [9.17, 15) is 14.4 Å². The first-order valence-electron chi connectivity index (χ1n) is 12.3. The van der Waals surface area contributed by atoms with Crippen molar-refractivity contribution >= 4 is 53.7 Å². The molecule has 1 aromatic heterocycles. The molecule has 9 heteroatoms. The number of carbonyl (C=O) groups excluding carboxylic acids is 3. The molecule has 3 aromatic rings. The standard InChI is InChI=1S/C27H28BClN4O3/c1-14(2)23(30-15(3)34)27(36)32-18-10-8-16(12-18)24(32)25-31-21-11-9-17(28)13-22(21)33(25)26(35)19-6-4-5-7-20(19)29/h4-7,9,11,13-14,16,18,23-24H,8,10,12H2,1-3H3,(H,30,34). The van der Waals surface area contributed by atoms with E-state index in [1.54, 1.807) is 47.0 Å². The van der Waals surface area contributed by atoms with Gasteiger partial charge in [-0.05, 0) is 55.4 Å². The number of nitrogens with zero attached hydrogens (tertiary/aromatic N) is 3. The number of hydrogen-bond donors (Lipinski definition) is 1. The second kappa shape index (κ2) is 9.39. The van der Waals surface area contributed by atoms with Crippen molar-refractivity contribution in [3.63, 3.8) is 0 Å². The number of amides is 2. The lowest BCUT2D eigenvalue weighted by Gasteiger charge is -2.38. The van der Waals surface area contributed by atoms with Gasteiger partial charge in [0.15, 0.2) is 0 Å². The highest BCUT2D eigenvalue weighted by atomic mass is 35.5. The molecule has 2 heterocycles. The summed E-state index contributed by atoms with van der Waals surface area (Å²) in [4.78, 5) is 46.5. The Morgan fingerprint density at radius 1 is 1.14 bits per heavy atom. The summed E-state index contributed by atoms with van der Waals surface area (Å²) in [5.41, 5.74) is 2.06. The van der Waals surface area contributed by atoms with Crippen LogP contribution in [0, 0.1) is 11.8 Å². The second-order valence-electron chi connectivity index (χ2n) is 10.2. The minimum Gasteiger partial charge on any atom is -0.344 e. The van der Waals surface area contributed by atoms with Gasteiger partial charge in [-0.1, -0.05) is 49.1 Å². The molecule has 1 aliphatic carbocycles. The SMILES string of the molecule is [B]c1ccc2nc(C3C4CCC(C4)N3C(=O)C(NC(C)=O)C(C)C)n(C(=O)c3ccccc3Cl)c2c1. The summed E-state index contributed by atoms with van der Waals surface area (Å²) in [7, 11) is 6.10. The van der Waals surface area contributed by atoms with Gasteiger partial charge in [0.25, 0.3) is 5.91 Å². The molecule has 2 amide bonds. The molecule has 1 N–H and O–H groups in total. The van der Waals surface area contributed by atoms with Crippen LogP contribution in [0.4, 0.5) is 0 Å². The van der Waals surface area contributed by atoms with E-state index in [0.29, 0.717) is 32.9 Å². The lowest BCUT2D eigenvalue weighted by atomic mass is 9.95. The Hall–Kier alpha value is -3.13. The third-order valence-corrected chi connectivity index (χ3v) is 7.74. The van der Waals surface area contributed by atoms with Gasteiger partial charge in [-0.25, -0.2) is 4.98 Å². The molecular weight excluding hydrogens is 475 g/mol. The van der Waals surface area contributed by atoms with Crippen LogP contribution in [0.5, 0.6) is 0 Å². The molecule has 1 saturated carbocycles. The summed E-state index contributed by atoms with van der Waals surface area (Å²) >= 11 is 6.41. The highest BCUT2D eigenvalue weighted by Gasteiger charge is 2.52. The minimum atomic E-state index is -0.655. The monoisotopic (exact) mass is 502 g/mol. The van der Waals surface area contributed by atoms with Crippen LogP contribution >= 0.6 is 11.6 Å². The van der Waals surface area contributed by atoms with E-state index in [1.165, 1.54) is 6.92 Å². The van der Waals surface area contributed by atoms with Crippen molar-refractivity contribution in [2.24, 2.45) is 11.8 Å². The molecule has 2 aliphatic rings. The van der Waals surface area contributed by atoms with Crippen LogP contribution in [0.3, 0.4) is 0 Å². The smallest absolute Gasteiger partial charge is 0.265 e. The number of benzene rings is 2. The van der Waals surface area contributed by atoms with E-state index >= 15 is 0 Å². The lowest BCUT2D eigenvalue weighted by Crippen LogP contribution is -2.53. The number of imidazole rings is 1. The van der Waals surface area contributed by atoms with Gasteiger partial charge in [-0.3, -0.25) is 19.0 Å². The summed E-state index contributed by atoms with van der Waals surface area (Å²) in [6.07, 6.45) is 2.67. The zero-order chi connectivity index (χ0) is 25.7. The van der Waals surface area contributed by atoms with Gasteiger partial charge in [0.05, 0.1) is 27.7 Å². The Balaban J connectivity index is 1.67. The fraction of sp³-hybridized carbons (Fsp3) is 0.407. The molecule has 2 aromatic carbocycles. The van der Waals surface area contributed by atoms with Gasteiger partial charge in [-0.2, -0.15) is 0 Å². The van der Waals surface area contributed by atoms with Crippen molar-refractivity contribution < 1.29 is 14.4 Å². The fourth-order valence-corrected chi connectivity index (χ4v) is 6.03. The van der Waals surface area contributed by atoms with Crippen LogP contribution in [-0.2, 0) is 9.59 Å². The molecule has 4 atom stereocenters. The topological polar surface area (TPSA) is 84.3 Å². The number of nitrogens with one attached hydrogen (secondary N) is 1. The van der Waals surface area contributed by atoms with Crippen molar-refractivity contribution in [1.29, 1.82) is 0 Å². The van der Waals surface area contributed by atoms with E-state index in [2.05, 4.69) is 5.32 Å². The first kappa shape index (κ1) is 24.6. The Bertz CT molecular complexity index is 1370. The highest BCUT2D eigenvalue weighted by Crippen LogP contribution is 2.51. The molecule has 2 radical (unpaired) electrons. The number of aromatic nitrogens is 2. The Labute approximate surface area is 216 Å². The maximum Gasteiger partial charge on any atom is 0.265 e. The van der Waals surface area contributed by atoms with E-state index < -0.39 is 12.1 Å². The summed E-state index contributed by atoms with van der Waals surface area (Å²) in [6, 6.07) is 11.2. The lowest BCUT2D eigenvalue weighted by molar-refractivity contribution is -0.141. The second-order valence-corrected chi connectivity index (χ2v) is 10.6. The third-order valence-electron chi connectivity index (χ3n) is 7.41. The molecule has 36 heavy (non-hydrogen) atoms. The zero-order valence-corrected chi connectivity index (χ0v) is 21.3. The molecule has 184 valence electrons. The van der Waals surface area contributed by atoms with Crippen molar-refractivity contribution in [3.8, 4) is 0 Å². The van der Waals surface area contributed by atoms with E-state index in [1.807, 2.05) is 18.7 Å². The normalized spacial score (nSPS) is 21.8. The maximum atomic E-state index is 13.9. The molecule has 1 saturated heterocycles. The number of piperidine rings is 1. The summed E-state index contributed by atoms with van der Waals surface area (Å²) < 4.78 is 1.57. The summed E-state index contributed by atoms with van der Waals surface area (Å²) in [5.74, 6) is -0.131. The van der Waals surface area contributed by atoms with E-state index in [4.69, 9.17) is 24.4 Å². The average molecular weight is 503 g/mol. The molecular formula is C27H28BClN4O3.